The van der Waals surface area contributed by atoms with Gasteiger partial charge in [-0.15, -0.1) is 0 Å². The van der Waals surface area contributed by atoms with Crippen LogP contribution in [0.15, 0.2) is 48.5 Å². The Morgan fingerprint density at radius 1 is 1.10 bits per heavy atom. The number of methoxy groups -OCH3 is 2. The van der Waals surface area contributed by atoms with E-state index < -0.39 is 18.4 Å². The Balaban J connectivity index is 1.55. The van der Waals surface area contributed by atoms with Crippen molar-refractivity contribution in [3.63, 3.8) is 0 Å². The minimum atomic E-state index is -1.12. The van der Waals surface area contributed by atoms with Gasteiger partial charge in [0.2, 0.25) is 5.91 Å². The van der Waals surface area contributed by atoms with Crippen LogP contribution in [0.25, 0.3) is 0 Å². The van der Waals surface area contributed by atoms with Gasteiger partial charge in [-0.1, -0.05) is 36.4 Å². The topological polar surface area (TPSA) is 97.3 Å². The molecule has 2 amide bonds. The fraction of sp³-hybridized carbons (Fsp3) is 0.391. The van der Waals surface area contributed by atoms with Crippen LogP contribution in [-0.4, -0.2) is 55.0 Å². The number of rotatable bonds is 8. The van der Waals surface area contributed by atoms with E-state index in [0.29, 0.717) is 30.9 Å². The van der Waals surface area contributed by atoms with Crippen molar-refractivity contribution in [2.45, 2.75) is 38.1 Å². The fourth-order valence-corrected chi connectivity index (χ4v) is 3.54. The van der Waals surface area contributed by atoms with Gasteiger partial charge in [-0.05, 0) is 36.1 Å². The summed E-state index contributed by atoms with van der Waals surface area (Å²) in [5.41, 5.74) is 1.81. The van der Waals surface area contributed by atoms with Crippen LogP contribution in [0.5, 0.6) is 11.5 Å². The quantitative estimate of drug-likeness (QED) is 0.671. The molecule has 1 heterocycles. The van der Waals surface area contributed by atoms with Crippen molar-refractivity contribution >= 4 is 12.0 Å². The lowest BCUT2D eigenvalue weighted by Gasteiger charge is -2.38. The summed E-state index contributed by atoms with van der Waals surface area (Å²) in [6, 6.07) is 14.3. The minimum absolute atomic E-state index is 0.136. The van der Waals surface area contributed by atoms with Gasteiger partial charge in [0, 0.05) is 13.0 Å². The van der Waals surface area contributed by atoms with Crippen LogP contribution < -0.4 is 14.8 Å². The van der Waals surface area contributed by atoms with E-state index in [2.05, 4.69) is 5.32 Å². The summed E-state index contributed by atoms with van der Waals surface area (Å²) < 4.78 is 15.8. The normalized spacial score (nSPS) is 18.4. The summed E-state index contributed by atoms with van der Waals surface area (Å²) in [4.78, 5) is 25.9. The molecule has 8 heteroatoms. The average Bonchev–Trinajstić information content (AvgIpc) is 2.80. The smallest absolute Gasteiger partial charge is 0.407 e. The van der Waals surface area contributed by atoms with Gasteiger partial charge in [-0.25, -0.2) is 4.79 Å². The number of carbonyl (C=O) groups is 2. The number of aliphatic hydroxyl groups is 1. The van der Waals surface area contributed by atoms with Crippen LogP contribution in [0.4, 0.5) is 4.79 Å². The zero-order valence-corrected chi connectivity index (χ0v) is 17.7. The Morgan fingerprint density at radius 3 is 2.55 bits per heavy atom. The Labute approximate surface area is 181 Å². The summed E-state index contributed by atoms with van der Waals surface area (Å²) in [6.45, 7) is 0.449. The highest BCUT2D eigenvalue weighted by atomic mass is 16.5. The minimum Gasteiger partial charge on any atom is -0.493 e. The van der Waals surface area contributed by atoms with Crippen LogP contribution in [0.3, 0.4) is 0 Å². The highest BCUT2D eigenvalue weighted by Crippen LogP contribution is 2.28. The lowest BCUT2D eigenvalue weighted by molar-refractivity contribution is -0.149. The van der Waals surface area contributed by atoms with Crippen LogP contribution in [-0.2, 0) is 22.6 Å². The number of piperidine rings is 1. The van der Waals surface area contributed by atoms with E-state index in [1.165, 1.54) is 4.90 Å². The third kappa shape index (κ3) is 5.88. The molecule has 3 rings (SSSR count). The van der Waals surface area contributed by atoms with E-state index in [0.717, 1.165) is 11.1 Å². The Morgan fingerprint density at radius 2 is 1.84 bits per heavy atom. The van der Waals surface area contributed by atoms with Crippen molar-refractivity contribution in [1.29, 1.82) is 0 Å². The monoisotopic (exact) mass is 428 g/mol. The van der Waals surface area contributed by atoms with Crippen molar-refractivity contribution in [3.8, 4) is 11.5 Å². The molecule has 8 nitrogen and oxygen atoms in total. The molecule has 0 radical (unpaired) electrons. The first kappa shape index (κ1) is 22.4. The van der Waals surface area contributed by atoms with E-state index >= 15 is 0 Å². The number of alkyl carbamates (subject to hydrolysis) is 1. The molecule has 0 spiro atoms. The summed E-state index contributed by atoms with van der Waals surface area (Å²) in [5, 5.41) is 13.4. The third-order valence-electron chi connectivity index (χ3n) is 5.27. The second-order valence-electron chi connectivity index (χ2n) is 7.29. The number of hydrogen-bond acceptors (Lipinski definition) is 6. The second-order valence-corrected chi connectivity index (χ2v) is 7.29. The van der Waals surface area contributed by atoms with Gasteiger partial charge >= 0.3 is 6.09 Å². The standard InChI is InChI=1S/C23H28N2O6/c1-29-19-10-8-16(14-20(19)30-2)12-13-25-21(26)11-9-18(22(25)27)24-23(28)31-15-17-6-4-3-5-7-17/h3-8,10,14,18,22,27H,9,11-13,15H2,1-2H3,(H,24,28)/t18-,22?/m0/s1. The molecule has 31 heavy (non-hydrogen) atoms. The van der Waals surface area contributed by atoms with E-state index in [1.54, 1.807) is 20.3 Å². The van der Waals surface area contributed by atoms with Crippen molar-refractivity contribution < 1.29 is 28.9 Å². The van der Waals surface area contributed by atoms with Gasteiger partial charge in [0.25, 0.3) is 0 Å². The first-order valence-corrected chi connectivity index (χ1v) is 10.2. The number of ether oxygens (including phenoxy) is 3. The van der Waals surface area contributed by atoms with Gasteiger partial charge in [0.1, 0.15) is 12.8 Å². The largest absolute Gasteiger partial charge is 0.493 e. The predicted molar refractivity (Wildman–Crippen MR) is 114 cm³/mol. The van der Waals surface area contributed by atoms with E-state index in [1.807, 2.05) is 42.5 Å². The van der Waals surface area contributed by atoms with Gasteiger partial charge in [-0.3, -0.25) is 4.79 Å². The Kier molecular flexibility index (Phi) is 7.72. The third-order valence-corrected chi connectivity index (χ3v) is 5.27. The average molecular weight is 428 g/mol. The highest BCUT2D eigenvalue weighted by Gasteiger charge is 2.35. The number of nitrogens with one attached hydrogen (secondary N) is 1. The summed E-state index contributed by atoms with van der Waals surface area (Å²) >= 11 is 0. The van der Waals surface area contributed by atoms with Gasteiger partial charge in [0.15, 0.2) is 11.5 Å². The molecule has 166 valence electrons. The predicted octanol–water partition coefficient (Wildman–Crippen LogP) is 2.48. The molecule has 2 atom stereocenters. The fourth-order valence-electron chi connectivity index (χ4n) is 3.54. The highest BCUT2D eigenvalue weighted by molar-refractivity contribution is 5.78. The number of benzene rings is 2. The van der Waals surface area contributed by atoms with Crippen molar-refractivity contribution in [2.75, 3.05) is 20.8 Å². The van der Waals surface area contributed by atoms with Gasteiger partial charge < -0.3 is 29.5 Å². The zero-order chi connectivity index (χ0) is 22.2. The SMILES string of the molecule is COc1ccc(CCN2C(=O)CC[C@H](NC(=O)OCc3ccccc3)C2O)cc1OC. The number of nitrogens with zero attached hydrogens (tertiary/aromatic N) is 1. The maximum atomic E-state index is 12.4. The Bertz CT molecular complexity index is 889. The number of amides is 2. The summed E-state index contributed by atoms with van der Waals surface area (Å²) in [5.74, 6) is 1.08. The van der Waals surface area contributed by atoms with E-state index in [9.17, 15) is 14.7 Å². The molecule has 0 aromatic heterocycles. The van der Waals surface area contributed by atoms with Crippen molar-refractivity contribution in [3.05, 3.63) is 59.7 Å². The molecule has 2 aromatic carbocycles. The number of hydrogen-bond donors (Lipinski definition) is 2. The maximum Gasteiger partial charge on any atom is 0.407 e. The number of likely N-dealkylation sites (tertiary alicyclic amines) is 1. The second kappa shape index (κ2) is 10.7. The molecule has 1 fully saturated rings. The lowest BCUT2D eigenvalue weighted by Crippen LogP contribution is -2.57. The first-order chi connectivity index (χ1) is 15.0. The molecule has 0 saturated carbocycles. The van der Waals surface area contributed by atoms with Crippen LogP contribution in [0.2, 0.25) is 0 Å². The number of aliphatic hydroxyl groups excluding tert-OH is 1. The summed E-state index contributed by atoms with van der Waals surface area (Å²) in [6.07, 6.45) is -0.624. The Hall–Kier alpha value is -3.26. The lowest BCUT2D eigenvalue weighted by atomic mass is 10.0. The van der Waals surface area contributed by atoms with Crippen LogP contribution >= 0.6 is 0 Å². The molecule has 2 aromatic rings. The molecule has 1 unspecified atom stereocenters. The molecule has 0 aliphatic carbocycles. The van der Waals surface area contributed by atoms with E-state index in [-0.39, 0.29) is 18.9 Å². The molecular formula is C23H28N2O6. The van der Waals surface area contributed by atoms with Gasteiger partial charge in [0.05, 0.1) is 20.3 Å². The molecule has 2 N–H and O–H groups in total. The van der Waals surface area contributed by atoms with Crippen molar-refractivity contribution in [1.82, 2.24) is 10.2 Å². The first-order valence-electron chi connectivity index (χ1n) is 10.2. The molecular weight excluding hydrogens is 400 g/mol. The molecule has 1 aliphatic rings. The van der Waals surface area contributed by atoms with Crippen LogP contribution in [0, 0.1) is 0 Å². The van der Waals surface area contributed by atoms with E-state index in [4.69, 9.17) is 14.2 Å². The maximum absolute atomic E-state index is 12.4. The summed E-state index contributed by atoms with van der Waals surface area (Å²) in [7, 11) is 3.13. The molecule has 0 bridgehead atoms. The van der Waals surface area contributed by atoms with Crippen LogP contribution in [0.1, 0.15) is 24.0 Å². The number of carbonyl (C=O) groups excluding carboxylic acids is 2. The van der Waals surface area contributed by atoms with Crippen molar-refractivity contribution in [2.24, 2.45) is 0 Å². The zero-order valence-electron chi connectivity index (χ0n) is 17.7. The van der Waals surface area contributed by atoms with Gasteiger partial charge in [-0.2, -0.15) is 0 Å². The molecule has 1 aliphatic heterocycles. The molecule has 1 saturated heterocycles.